The number of carbonyl (C=O) groups is 1. The number of carbonyl (C=O) groups excluding carboxylic acids is 1. The second kappa shape index (κ2) is 8.10. The van der Waals surface area contributed by atoms with Gasteiger partial charge in [-0.05, 0) is 66.3 Å². The number of imidazole rings is 1. The maximum absolute atomic E-state index is 13.0. The highest BCUT2D eigenvalue weighted by Crippen LogP contribution is 2.38. The predicted molar refractivity (Wildman–Crippen MR) is 122 cm³/mol. The van der Waals surface area contributed by atoms with E-state index in [0.717, 1.165) is 18.5 Å². The van der Waals surface area contributed by atoms with E-state index in [2.05, 4.69) is 74.4 Å². The second-order valence-corrected chi connectivity index (χ2v) is 9.59. The SMILES string of the molecule is Cc1ccccc1-c1ccc(-n2cncc2C(=O)NC2CC(C)CC(C)(C)C2)cc1. The van der Waals surface area contributed by atoms with Gasteiger partial charge < -0.3 is 5.32 Å². The second-order valence-electron chi connectivity index (χ2n) is 9.59. The molecule has 1 aliphatic carbocycles. The van der Waals surface area contributed by atoms with E-state index >= 15 is 0 Å². The van der Waals surface area contributed by atoms with Crippen molar-refractivity contribution in [3.05, 3.63) is 72.3 Å². The molecule has 2 aromatic carbocycles. The van der Waals surface area contributed by atoms with Crippen LogP contribution in [0.2, 0.25) is 0 Å². The van der Waals surface area contributed by atoms with Crippen LogP contribution in [0.4, 0.5) is 0 Å². The van der Waals surface area contributed by atoms with Gasteiger partial charge in [-0.1, -0.05) is 57.2 Å². The van der Waals surface area contributed by atoms with E-state index in [9.17, 15) is 4.79 Å². The molecule has 1 saturated carbocycles. The molecule has 4 heteroatoms. The number of hydrogen-bond acceptors (Lipinski definition) is 2. The lowest BCUT2D eigenvalue weighted by atomic mass is 9.70. The summed E-state index contributed by atoms with van der Waals surface area (Å²) in [6.45, 7) is 8.99. The maximum Gasteiger partial charge on any atom is 0.270 e. The van der Waals surface area contributed by atoms with Gasteiger partial charge in [0, 0.05) is 11.7 Å². The third-order valence-corrected chi connectivity index (χ3v) is 6.19. The lowest BCUT2D eigenvalue weighted by Crippen LogP contribution is -2.43. The standard InChI is InChI=1S/C26H31N3O/c1-18-13-21(15-26(3,4)14-18)28-25(30)24-16-27-17-29(24)22-11-9-20(10-12-22)23-8-6-5-7-19(23)2/h5-12,16-18,21H,13-15H2,1-4H3,(H,28,30). The molecule has 3 aromatic rings. The van der Waals surface area contributed by atoms with E-state index in [-0.39, 0.29) is 17.4 Å². The van der Waals surface area contributed by atoms with Gasteiger partial charge in [0.2, 0.25) is 0 Å². The highest BCUT2D eigenvalue weighted by molar-refractivity contribution is 5.93. The molecule has 4 rings (SSSR count). The average molecular weight is 402 g/mol. The fourth-order valence-electron chi connectivity index (χ4n) is 5.08. The zero-order valence-corrected chi connectivity index (χ0v) is 18.4. The summed E-state index contributed by atoms with van der Waals surface area (Å²) < 4.78 is 1.87. The van der Waals surface area contributed by atoms with Gasteiger partial charge in [-0.3, -0.25) is 9.36 Å². The lowest BCUT2D eigenvalue weighted by Gasteiger charge is -2.39. The number of rotatable bonds is 4. The molecule has 1 fully saturated rings. The molecule has 0 bridgehead atoms. The van der Waals surface area contributed by atoms with Crippen LogP contribution < -0.4 is 5.32 Å². The van der Waals surface area contributed by atoms with E-state index in [0.29, 0.717) is 11.6 Å². The van der Waals surface area contributed by atoms with Crippen molar-refractivity contribution < 1.29 is 4.79 Å². The van der Waals surface area contributed by atoms with Crippen LogP contribution in [0.3, 0.4) is 0 Å². The Labute approximate surface area is 179 Å². The monoisotopic (exact) mass is 401 g/mol. The van der Waals surface area contributed by atoms with Gasteiger partial charge >= 0.3 is 0 Å². The fraction of sp³-hybridized carbons (Fsp3) is 0.385. The molecule has 0 spiro atoms. The molecule has 1 aliphatic rings. The number of nitrogens with one attached hydrogen (secondary N) is 1. The topological polar surface area (TPSA) is 46.9 Å². The predicted octanol–water partition coefficient (Wildman–Crippen LogP) is 5.79. The van der Waals surface area contributed by atoms with Crippen LogP contribution >= 0.6 is 0 Å². The van der Waals surface area contributed by atoms with E-state index in [4.69, 9.17) is 0 Å². The molecule has 2 atom stereocenters. The maximum atomic E-state index is 13.0. The van der Waals surface area contributed by atoms with Gasteiger partial charge in [0.25, 0.3) is 5.91 Å². The van der Waals surface area contributed by atoms with Crippen LogP contribution in [-0.4, -0.2) is 21.5 Å². The van der Waals surface area contributed by atoms with Gasteiger partial charge in [0.1, 0.15) is 5.69 Å². The third kappa shape index (κ3) is 4.33. The van der Waals surface area contributed by atoms with Crippen molar-refractivity contribution in [2.75, 3.05) is 0 Å². The van der Waals surface area contributed by atoms with Crippen LogP contribution in [0.5, 0.6) is 0 Å². The molecular formula is C26H31N3O. The third-order valence-electron chi connectivity index (χ3n) is 6.19. The van der Waals surface area contributed by atoms with Crippen molar-refractivity contribution in [3.8, 4) is 16.8 Å². The molecule has 0 radical (unpaired) electrons. The summed E-state index contributed by atoms with van der Waals surface area (Å²) in [4.78, 5) is 17.3. The Kier molecular flexibility index (Phi) is 5.50. The minimum absolute atomic E-state index is 0.0506. The van der Waals surface area contributed by atoms with Crippen LogP contribution in [0, 0.1) is 18.3 Å². The largest absolute Gasteiger partial charge is 0.348 e. The number of hydrogen-bond donors (Lipinski definition) is 1. The number of amides is 1. The molecular weight excluding hydrogens is 370 g/mol. The molecule has 0 saturated heterocycles. The van der Waals surface area contributed by atoms with Crippen molar-refractivity contribution >= 4 is 5.91 Å². The lowest BCUT2D eigenvalue weighted by molar-refractivity contribution is 0.0867. The van der Waals surface area contributed by atoms with E-state index in [1.54, 1.807) is 12.5 Å². The number of nitrogens with zero attached hydrogens (tertiary/aromatic N) is 2. The smallest absolute Gasteiger partial charge is 0.270 e. The highest BCUT2D eigenvalue weighted by Gasteiger charge is 2.33. The Morgan fingerprint density at radius 1 is 1.10 bits per heavy atom. The normalized spacial score (nSPS) is 20.7. The van der Waals surface area contributed by atoms with Crippen molar-refractivity contribution in [1.82, 2.24) is 14.9 Å². The Hall–Kier alpha value is -2.88. The van der Waals surface area contributed by atoms with E-state index in [1.807, 2.05) is 16.7 Å². The Bertz CT molecular complexity index is 1030. The molecule has 4 nitrogen and oxygen atoms in total. The molecule has 30 heavy (non-hydrogen) atoms. The summed E-state index contributed by atoms with van der Waals surface area (Å²) in [5.41, 5.74) is 5.42. The number of aryl methyl sites for hydroxylation is 1. The molecule has 1 amide bonds. The van der Waals surface area contributed by atoms with E-state index < -0.39 is 0 Å². The first-order valence-corrected chi connectivity index (χ1v) is 10.8. The first kappa shape index (κ1) is 20.4. The van der Waals surface area contributed by atoms with Gasteiger partial charge in [-0.15, -0.1) is 0 Å². The van der Waals surface area contributed by atoms with Crippen molar-refractivity contribution in [3.63, 3.8) is 0 Å². The summed E-state index contributed by atoms with van der Waals surface area (Å²) in [6.07, 6.45) is 6.63. The molecule has 1 N–H and O–H groups in total. The summed E-state index contributed by atoms with van der Waals surface area (Å²) in [5, 5.41) is 3.26. The zero-order valence-electron chi connectivity index (χ0n) is 18.4. The van der Waals surface area contributed by atoms with Crippen LogP contribution in [0.25, 0.3) is 16.8 Å². The van der Waals surface area contributed by atoms with Gasteiger partial charge in [-0.2, -0.15) is 0 Å². The van der Waals surface area contributed by atoms with Crippen LogP contribution in [0.15, 0.2) is 61.1 Å². The molecule has 156 valence electrons. The Morgan fingerprint density at radius 2 is 1.83 bits per heavy atom. The Balaban J connectivity index is 1.53. The molecule has 2 unspecified atom stereocenters. The van der Waals surface area contributed by atoms with E-state index in [1.165, 1.54) is 23.1 Å². The van der Waals surface area contributed by atoms with Gasteiger partial charge in [0.05, 0.1) is 12.5 Å². The summed E-state index contributed by atoms with van der Waals surface area (Å²) in [7, 11) is 0. The first-order chi connectivity index (χ1) is 14.3. The van der Waals surface area contributed by atoms with Crippen molar-refractivity contribution in [1.29, 1.82) is 0 Å². The Morgan fingerprint density at radius 3 is 2.53 bits per heavy atom. The summed E-state index contributed by atoms with van der Waals surface area (Å²) in [6, 6.07) is 16.9. The van der Waals surface area contributed by atoms with Crippen molar-refractivity contribution in [2.45, 2.75) is 53.0 Å². The molecule has 1 heterocycles. The van der Waals surface area contributed by atoms with Crippen LogP contribution in [0.1, 0.15) is 56.1 Å². The number of aromatic nitrogens is 2. The minimum Gasteiger partial charge on any atom is -0.348 e. The highest BCUT2D eigenvalue weighted by atomic mass is 16.2. The van der Waals surface area contributed by atoms with Crippen LogP contribution in [-0.2, 0) is 0 Å². The first-order valence-electron chi connectivity index (χ1n) is 10.8. The fourth-order valence-corrected chi connectivity index (χ4v) is 5.08. The average Bonchev–Trinajstić information content (AvgIpc) is 3.17. The summed E-state index contributed by atoms with van der Waals surface area (Å²) in [5.74, 6) is 0.573. The number of benzene rings is 2. The zero-order chi connectivity index (χ0) is 21.3. The van der Waals surface area contributed by atoms with Gasteiger partial charge in [0.15, 0.2) is 0 Å². The molecule has 1 aromatic heterocycles. The van der Waals surface area contributed by atoms with Gasteiger partial charge in [-0.25, -0.2) is 4.98 Å². The minimum atomic E-state index is -0.0506. The quantitative estimate of drug-likeness (QED) is 0.601. The summed E-state index contributed by atoms with van der Waals surface area (Å²) >= 11 is 0. The van der Waals surface area contributed by atoms with Crippen molar-refractivity contribution in [2.24, 2.45) is 11.3 Å². The molecule has 0 aliphatic heterocycles.